The van der Waals surface area contributed by atoms with Gasteiger partial charge in [0.15, 0.2) is 0 Å². The van der Waals surface area contributed by atoms with E-state index in [2.05, 4.69) is 10.4 Å². The Morgan fingerprint density at radius 3 is 2.43 bits per heavy atom. The molecule has 0 bridgehead atoms. The van der Waals surface area contributed by atoms with Crippen LogP contribution in [-0.4, -0.2) is 15.7 Å². The Kier molecular flexibility index (Phi) is 4.57. The molecule has 1 N–H and O–H groups in total. The zero-order valence-electron chi connectivity index (χ0n) is 11.6. The Hall–Kier alpha value is -2.01. The molecule has 7 heteroatoms. The van der Waals surface area contributed by atoms with E-state index in [0.717, 1.165) is 5.69 Å². The van der Waals surface area contributed by atoms with Crippen molar-refractivity contribution in [3.63, 3.8) is 0 Å². The first kappa shape index (κ1) is 15.9. The third-order valence-electron chi connectivity index (χ3n) is 3.11. The number of nitrogens with one attached hydrogen (secondary N) is 1. The van der Waals surface area contributed by atoms with Crippen LogP contribution >= 0.6 is 34.8 Å². The van der Waals surface area contributed by atoms with Gasteiger partial charge in [-0.15, -0.1) is 0 Å². The minimum absolute atomic E-state index is 0.288. The summed E-state index contributed by atoms with van der Waals surface area (Å²) in [7, 11) is 0. The average Bonchev–Trinajstić information content (AvgIpc) is 3.02. The smallest absolute Gasteiger partial charge is 0.258 e. The van der Waals surface area contributed by atoms with Crippen LogP contribution in [-0.2, 0) is 0 Å². The quantitative estimate of drug-likeness (QED) is 0.702. The number of anilines is 1. The molecule has 0 aliphatic rings. The molecule has 4 nitrogen and oxygen atoms in total. The predicted molar refractivity (Wildman–Crippen MR) is 93.0 cm³/mol. The number of benzene rings is 2. The second-order valence-corrected chi connectivity index (χ2v) is 5.98. The van der Waals surface area contributed by atoms with E-state index in [-0.39, 0.29) is 5.91 Å². The van der Waals surface area contributed by atoms with Gasteiger partial charge < -0.3 is 5.32 Å². The molecule has 0 radical (unpaired) electrons. The first-order chi connectivity index (χ1) is 11.0. The predicted octanol–water partition coefficient (Wildman–Crippen LogP) is 5.08. The maximum Gasteiger partial charge on any atom is 0.258 e. The van der Waals surface area contributed by atoms with Crippen molar-refractivity contribution in [2.24, 2.45) is 0 Å². The molecule has 3 rings (SSSR count). The van der Waals surface area contributed by atoms with Gasteiger partial charge in [0.25, 0.3) is 5.91 Å². The number of carbonyl (C=O) groups is 1. The van der Waals surface area contributed by atoms with Gasteiger partial charge in [0.05, 0.1) is 27.5 Å². The average molecular weight is 367 g/mol. The largest absolute Gasteiger partial charge is 0.322 e. The molecule has 0 spiro atoms. The van der Waals surface area contributed by atoms with Crippen molar-refractivity contribution in [1.29, 1.82) is 0 Å². The number of nitrogens with zero attached hydrogens (tertiary/aromatic N) is 2. The second kappa shape index (κ2) is 6.62. The number of aromatic nitrogens is 2. The number of hydrogen-bond acceptors (Lipinski definition) is 2. The van der Waals surface area contributed by atoms with Crippen LogP contribution < -0.4 is 5.32 Å². The molecular formula is C16H10Cl3N3O. The fraction of sp³-hybridized carbons (Fsp3) is 0. The highest BCUT2D eigenvalue weighted by molar-refractivity contribution is 6.42. The number of halogens is 3. The minimum Gasteiger partial charge on any atom is -0.322 e. The Morgan fingerprint density at radius 1 is 1.00 bits per heavy atom. The third-order valence-corrected chi connectivity index (χ3v) is 4.10. The zero-order chi connectivity index (χ0) is 16.4. The molecule has 0 aliphatic heterocycles. The molecule has 2 aromatic carbocycles. The van der Waals surface area contributed by atoms with E-state index in [4.69, 9.17) is 34.8 Å². The molecule has 0 unspecified atom stereocenters. The van der Waals surface area contributed by atoms with E-state index in [0.29, 0.717) is 26.3 Å². The van der Waals surface area contributed by atoms with E-state index in [1.807, 2.05) is 12.1 Å². The molecule has 0 atom stereocenters. The number of carbonyl (C=O) groups excluding carboxylic acids is 1. The number of rotatable bonds is 3. The van der Waals surface area contributed by atoms with Crippen molar-refractivity contribution in [2.45, 2.75) is 0 Å². The van der Waals surface area contributed by atoms with Crippen molar-refractivity contribution in [3.05, 3.63) is 75.5 Å². The lowest BCUT2D eigenvalue weighted by molar-refractivity contribution is 0.102. The van der Waals surface area contributed by atoms with Gasteiger partial charge in [-0.25, -0.2) is 4.68 Å². The van der Waals surface area contributed by atoms with Crippen LogP contribution in [0.3, 0.4) is 0 Å². The van der Waals surface area contributed by atoms with Crippen molar-refractivity contribution in [1.82, 2.24) is 9.78 Å². The summed E-state index contributed by atoms with van der Waals surface area (Å²) in [5.41, 5.74) is 1.79. The van der Waals surface area contributed by atoms with Gasteiger partial charge in [-0.2, -0.15) is 5.10 Å². The molecule has 1 amide bonds. The summed E-state index contributed by atoms with van der Waals surface area (Å²) in [5.74, 6) is -0.288. The molecule has 0 saturated carbocycles. The number of amides is 1. The Labute approximate surface area is 147 Å². The van der Waals surface area contributed by atoms with E-state index < -0.39 is 0 Å². The molecule has 0 aliphatic carbocycles. The molecule has 0 saturated heterocycles. The van der Waals surface area contributed by atoms with Crippen LogP contribution in [0.5, 0.6) is 0 Å². The maximum atomic E-state index is 12.2. The van der Waals surface area contributed by atoms with Gasteiger partial charge in [0, 0.05) is 16.9 Å². The molecule has 1 heterocycles. The highest BCUT2D eigenvalue weighted by Gasteiger charge is 2.10. The first-order valence-corrected chi connectivity index (χ1v) is 7.73. The van der Waals surface area contributed by atoms with Gasteiger partial charge in [0.2, 0.25) is 0 Å². The van der Waals surface area contributed by atoms with Crippen molar-refractivity contribution in [3.8, 4) is 5.69 Å². The lowest BCUT2D eigenvalue weighted by Gasteiger charge is -2.05. The highest BCUT2D eigenvalue weighted by Crippen LogP contribution is 2.25. The highest BCUT2D eigenvalue weighted by atomic mass is 35.5. The lowest BCUT2D eigenvalue weighted by atomic mass is 10.3. The van der Waals surface area contributed by atoms with Crippen LogP contribution in [0.15, 0.2) is 54.9 Å². The third kappa shape index (κ3) is 3.67. The van der Waals surface area contributed by atoms with Crippen LogP contribution in [0.4, 0.5) is 5.69 Å². The summed E-state index contributed by atoms with van der Waals surface area (Å²) in [6.45, 7) is 0. The lowest BCUT2D eigenvalue weighted by Crippen LogP contribution is -2.11. The number of hydrogen-bond donors (Lipinski definition) is 1. The van der Waals surface area contributed by atoms with Crippen molar-refractivity contribution in [2.75, 3.05) is 5.32 Å². The summed E-state index contributed by atoms with van der Waals surface area (Å²) in [6, 6.07) is 12.0. The van der Waals surface area contributed by atoms with Gasteiger partial charge in [-0.3, -0.25) is 4.79 Å². The summed E-state index contributed by atoms with van der Waals surface area (Å²) < 4.78 is 1.60. The van der Waals surface area contributed by atoms with Crippen molar-refractivity contribution < 1.29 is 4.79 Å². The summed E-state index contributed by atoms with van der Waals surface area (Å²) >= 11 is 17.6. The van der Waals surface area contributed by atoms with Crippen LogP contribution in [0, 0.1) is 0 Å². The molecule has 3 aromatic rings. The van der Waals surface area contributed by atoms with E-state index in [1.54, 1.807) is 41.2 Å². The monoisotopic (exact) mass is 365 g/mol. The fourth-order valence-corrected chi connectivity index (χ4v) is 2.38. The normalized spacial score (nSPS) is 10.6. The van der Waals surface area contributed by atoms with Crippen LogP contribution in [0.2, 0.25) is 15.1 Å². The topological polar surface area (TPSA) is 46.9 Å². The Bertz CT molecular complexity index is 859. The second-order valence-electron chi connectivity index (χ2n) is 4.73. The first-order valence-electron chi connectivity index (χ1n) is 6.60. The van der Waals surface area contributed by atoms with Crippen molar-refractivity contribution >= 4 is 46.4 Å². The zero-order valence-corrected chi connectivity index (χ0v) is 13.9. The summed E-state index contributed by atoms with van der Waals surface area (Å²) in [4.78, 5) is 12.2. The van der Waals surface area contributed by atoms with E-state index >= 15 is 0 Å². The fourth-order valence-electron chi connectivity index (χ4n) is 1.95. The van der Waals surface area contributed by atoms with E-state index in [1.165, 1.54) is 6.20 Å². The molecule has 116 valence electrons. The van der Waals surface area contributed by atoms with Gasteiger partial charge in [-0.05, 0) is 42.5 Å². The minimum atomic E-state index is -0.288. The standard InChI is InChI=1S/C16H10Cl3N3O/c17-11-1-4-13(5-2-11)22-9-10(8-20-22)16(23)21-12-3-6-14(18)15(19)7-12/h1-9H,(H,21,23). The van der Waals surface area contributed by atoms with E-state index in [9.17, 15) is 4.79 Å². The van der Waals surface area contributed by atoms with Crippen LogP contribution in [0.1, 0.15) is 10.4 Å². The molecular weight excluding hydrogens is 357 g/mol. The Balaban J connectivity index is 1.78. The summed E-state index contributed by atoms with van der Waals surface area (Å²) in [5, 5.41) is 8.36. The summed E-state index contributed by atoms with van der Waals surface area (Å²) in [6.07, 6.45) is 3.12. The van der Waals surface area contributed by atoms with Gasteiger partial charge in [-0.1, -0.05) is 34.8 Å². The SMILES string of the molecule is O=C(Nc1ccc(Cl)c(Cl)c1)c1cnn(-c2ccc(Cl)cc2)c1. The van der Waals surface area contributed by atoms with Gasteiger partial charge in [0.1, 0.15) is 0 Å². The molecule has 23 heavy (non-hydrogen) atoms. The molecule has 0 fully saturated rings. The van der Waals surface area contributed by atoms with Gasteiger partial charge >= 0.3 is 0 Å². The van der Waals surface area contributed by atoms with Crippen LogP contribution in [0.25, 0.3) is 5.69 Å². The molecule has 1 aromatic heterocycles. The maximum absolute atomic E-state index is 12.2. The Morgan fingerprint density at radius 2 is 1.74 bits per heavy atom.